The number of carbonyl (C=O) groups excluding carboxylic acids is 1. The van der Waals surface area contributed by atoms with E-state index < -0.39 is 16.5 Å². The second-order valence-electron chi connectivity index (χ2n) is 8.54. The Hall–Kier alpha value is -3.50. The van der Waals surface area contributed by atoms with Gasteiger partial charge in [-0.2, -0.15) is 0 Å². The van der Waals surface area contributed by atoms with E-state index in [1.54, 1.807) is 26.0 Å². The van der Waals surface area contributed by atoms with Crippen LogP contribution in [0.4, 0.5) is 5.69 Å². The molecule has 0 atom stereocenters. The Kier molecular flexibility index (Phi) is 7.09. The fourth-order valence-corrected chi connectivity index (χ4v) is 6.36. The van der Waals surface area contributed by atoms with Gasteiger partial charge in [-0.3, -0.25) is 10.1 Å². The first kappa shape index (κ1) is 23.7. The second kappa shape index (κ2) is 10.2. The summed E-state index contributed by atoms with van der Waals surface area (Å²) in [6.07, 6.45) is 2.56. The van der Waals surface area contributed by atoms with Crippen LogP contribution in [0.15, 0.2) is 65.6 Å². The second-order valence-corrected chi connectivity index (χ2v) is 10.8. The van der Waals surface area contributed by atoms with Crippen molar-refractivity contribution >= 4 is 33.3 Å². The van der Waals surface area contributed by atoms with Gasteiger partial charge in [-0.1, -0.05) is 30.0 Å². The molecule has 6 nitrogen and oxygen atoms in total. The number of hydrogen-bond donors (Lipinski definition) is 0. The Balaban J connectivity index is 1.41. The summed E-state index contributed by atoms with van der Waals surface area (Å²) in [6, 6.07) is 18.2. The Morgan fingerprint density at radius 1 is 1.03 bits per heavy atom. The predicted octanol–water partition coefficient (Wildman–Crippen LogP) is 5.27. The van der Waals surface area contributed by atoms with Gasteiger partial charge in [0, 0.05) is 39.4 Å². The van der Waals surface area contributed by atoms with Crippen molar-refractivity contribution in [3.05, 3.63) is 76.3 Å². The zero-order valence-corrected chi connectivity index (χ0v) is 20.0. The Morgan fingerprint density at radius 2 is 1.71 bits per heavy atom. The third-order valence-electron chi connectivity index (χ3n) is 5.49. The number of benzene rings is 3. The Bertz CT molecular complexity index is 1270. The lowest BCUT2D eigenvalue weighted by atomic mass is 10.1. The first-order valence-corrected chi connectivity index (χ1v) is 12.7. The van der Waals surface area contributed by atoms with Crippen LogP contribution in [0.25, 0.3) is 10.8 Å². The fraction of sp³-hybridized carbons (Fsp3) is 0.296. The molecule has 3 aromatic rings. The molecule has 1 aliphatic rings. The monoisotopic (exact) mass is 476 g/mol. The lowest BCUT2D eigenvalue weighted by Gasteiger charge is -2.19. The van der Waals surface area contributed by atoms with Crippen LogP contribution >= 0.6 is 0 Å². The van der Waals surface area contributed by atoms with Gasteiger partial charge < -0.3 is 9.47 Å². The number of ether oxygens (including phenoxy) is 2. The van der Waals surface area contributed by atoms with Crippen LogP contribution in [-0.4, -0.2) is 34.6 Å². The summed E-state index contributed by atoms with van der Waals surface area (Å²) < 4.78 is 11.4. The molecular weight excluding hydrogens is 450 g/mol. The van der Waals surface area contributed by atoms with Crippen LogP contribution in [0.1, 0.15) is 32.3 Å². The van der Waals surface area contributed by atoms with Crippen molar-refractivity contribution in [1.29, 1.82) is 0 Å². The van der Waals surface area contributed by atoms with E-state index in [1.807, 2.05) is 24.3 Å². The molecule has 1 heterocycles. The van der Waals surface area contributed by atoms with Gasteiger partial charge in [0.1, 0.15) is 17.3 Å². The largest absolute Gasteiger partial charge is 0.481 e. The molecule has 174 valence electrons. The van der Waals surface area contributed by atoms with E-state index in [2.05, 4.69) is 24.0 Å². The minimum atomic E-state index is -1.04. The molecule has 7 heteroatoms. The van der Waals surface area contributed by atoms with E-state index in [1.165, 1.54) is 46.8 Å². The zero-order valence-electron chi connectivity index (χ0n) is 19.2. The summed E-state index contributed by atoms with van der Waals surface area (Å²) in [6.45, 7) is 3.16. The molecule has 34 heavy (non-hydrogen) atoms. The molecule has 1 aliphatic heterocycles. The molecule has 0 bridgehead atoms. The van der Waals surface area contributed by atoms with E-state index in [0.29, 0.717) is 11.3 Å². The van der Waals surface area contributed by atoms with Crippen LogP contribution < -0.4 is 4.74 Å². The predicted molar refractivity (Wildman–Crippen MR) is 134 cm³/mol. The standard InChI is InChI=1S/C27H26NO5S/c1-27(2,16-15-20-9-11-21(12-10-20)28(30)31)33-26(29)19-32-24-13-14-25(34-17-5-6-18-34)23-8-4-3-7-22(23)24/h3-4,7-14H,5-6,17-19H2,1-2H3/q+1. The molecule has 3 aromatic carbocycles. The highest BCUT2D eigenvalue weighted by atomic mass is 32.2. The maximum Gasteiger partial charge on any atom is 0.345 e. The normalized spacial score (nSPS) is 13.8. The molecule has 0 spiro atoms. The van der Waals surface area contributed by atoms with Crippen molar-refractivity contribution in [2.24, 2.45) is 0 Å². The van der Waals surface area contributed by atoms with Crippen LogP contribution in [0.5, 0.6) is 5.75 Å². The first-order chi connectivity index (χ1) is 16.3. The smallest absolute Gasteiger partial charge is 0.345 e. The van der Waals surface area contributed by atoms with E-state index in [9.17, 15) is 14.9 Å². The topological polar surface area (TPSA) is 78.7 Å². The average molecular weight is 477 g/mol. The average Bonchev–Trinajstić information content (AvgIpc) is 3.36. The van der Waals surface area contributed by atoms with Gasteiger partial charge in [-0.05, 0) is 57.0 Å². The minimum Gasteiger partial charge on any atom is -0.481 e. The number of hydrogen-bond acceptors (Lipinski definition) is 5. The third kappa shape index (κ3) is 5.70. The molecule has 0 unspecified atom stereocenters. The maximum atomic E-state index is 12.5. The van der Waals surface area contributed by atoms with Crippen molar-refractivity contribution in [2.75, 3.05) is 18.1 Å². The van der Waals surface area contributed by atoms with Crippen LogP contribution in [-0.2, 0) is 20.4 Å². The lowest BCUT2D eigenvalue weighted by Crippen LogP contribution is -2.29. The number of nitro groups is 1. The van der Waals surface area contributed by atoms with Crippen molar-refractivity contribution in [1.82, 2.24) is 0 Å². The maximum absolute atomic E-state index is 12.5. The fourth-order valence-electron chi connectivity index (χ4n) is 3.86. The van der Waals surface area contributed by atoms with Gasteiger partial charge in [0.05, 0.1) is 4.92 Å². The van der Waals surface area contributed by atoms with Crippen molar-refractivity contribution in [3.8, 4) is 17.6 Å². The molecule has 0 saturated carbocycles. The lowest BCUT2D eigenvalue weighted by molar-refractivity contribution is -0.384. The van der Waals surface area contributed by atoms with Crippen molar-refractivity contribution in [3.63, 3.8) is 0 Å². The number of carbonyl (C=O) groups is 1. The Labute approximate surface area is 201 Å². The molecule has 0 aromatic heterocycles. The summed E-state index contributed by atoms with van der Waals surface area (Å²) in [4.78, 5) is 24.2. The highest BCUT2D eigenvalue weighted by Gasteiger charge is 2.29. The van der Waals surface area contributed by atoms with E-state index >= 15 is 0 Å². The van der Waals surface area contributed by atoms with Crippen LogP contribution in [0, 0.1) is 22.0 Å². The summed E-state index contributed by atoms with van der Waals surface area (Å²) >= 11 is 0. The molecule has 0 amide bonds. The molecular formula is C27H26NO5S+. The molecule has 1 fully saturated rings. The first-order valence-electron chi connectivity index (χ1n) is 11.1. The number of nitro benzene ring substituents is 1. The van der Waals surface area contributed by atoms with Gasteiger partial charge in [0.25, 0.3) is 5.69 Å². The number of nitrogens with zero attached hydrogens (tertiary/aromatic N) is 1. The van der Waals surface area contributed by atoms with Gasteiger partial charge in [-0.25, -0.2) is 4.79 Å². The summed E-state index contributed by atoms with van der Waals surface area (Å²) in [5.41, 5.74) is -0.448. The van der Waals surface area contributed by atoms with Gasteiger partial charge >= 0.3 is 5.97 Å². The Morgan fingerprint density at radius 3 is 2.38 bits per heavy atom. The number of esters is 1. The quantitative estimate of drug-likeness (QED) is 0.159. The van der Waals surface area contributed by atoms with Crippen molar-refractivity contribution in [2.45, 2.75) is 37.2 Å². The molecule has 1 saturated heterocycles. The molecule has 0 radical (unpaired) electrons. The molecule has 0 aliphatic carbocycles. The highest BCUT2D eigenvalue weighted by Crippen LogP contribution is 2.34. The van der Waals surface area contributed by atoms with E-state index in [-0.39, 0.29) is 23.2 Å². The van der Waals surface area contributed by atoms with Crippen LogP contribution in [0.3, 0.4) is 0 Å². The summed E-state index contributed by atoms with van der Waals surface area (Å²) in [7, 11) is 0.283. The SMILES string of the molecule is CC(C)(C#Cc1ccc([N+](=O)[O-])cc1)OC(=O)COc1ccc([S+]2CCCC2)c2ccccc12. The van der Waals surface area contributed by atoms with Gasteiger partial charge in [0.15, 0.2) is 17.1 Å². The molecule has 0 N–H and O–H groups in total. The zero-order chi connectivity index (χ0) is 24.1. The number of fused-ring (bicyclic) bond motifs is 1. The summed E-state index contributed by atoms with van der Waals surface area (Å²) in [5, 5.41) is 13.0. The third-order valence-corrected chi connectivity index (χ3v) is 8.03. The van der Waals surface area contributed by atoms with Gasteiger partial charge in [0.2, 0.25) is 0 Å². The molecule has 4 rings (SSSR count). The summed E-state index contributed by atoms with van der Waals surface area (Å²) in [5.74, 6) is 8.43. The van der Waals surface area contributed by atoms with Crippen molar-refractivity contribution < 1.29 is 19.2 Å². The van der Waals surface area contributed by atoms with E-state index in [0.717, 1.165) is 5.39 Å². The number of non-ortho nitro benzene ring substituents is 1. The number of rotatable bonds is 6. The van der Waals surface area contributed by atoms with Gasteiger partial charge in [-0.15, -0.1) is 0 Å². The van der Waals surface area contributed by atoms with Crippen LogP contribution in [0.2, 0.25) is 0 Å². The van der Waals surface area contributed by atoms with E-state index in [4.69, 9.17) is 9.47 Å². The minimum absolute atomic E-state index is 0.00217. The highest BCUT2D eigenvalue weighted by molar-refractivity contribution is 7.97.